The van der Waals surface area contributed by atoms with E-state index < -0.39 is 11.9 Å². The Morgan fingerprint density at radius 2 is 1.92 bits per heavy atom. The zero-order valence-corrected chi connectivity index (χ0v) is 15.0. The molecule has 0 aromatic carbocycles. The van der Waals surface area contributed by atoms with Gasteiger partial charge in [0.2, 0.25) is 0 Å². The largest absolute Gasteiger partial charge is 0.478 e. The maximum absolute atomic E-state index is 9.55. The highest BCUT2D eigenvalue weighted by atomic mass is 32.1. The molecule has 0 amide bonds. The van der Waals surface area contributed by atoms with E-state index in [4.69, 9.17) is 10.2 Å². The first-order valence-corrected chi connectivity index (χ1v) is 8.63. The second-order valence-electron chi connectivity index (χ2n) is 5.11. The summed E-state index contributed by atoms with van der Waals surface area (Å²) in [4.78, 5) is 24.9. The van der Waals surface area contributed by atoms with E-state index >= 15 is 0 Å². The zero-order valence-electron chi connectivity index (χ0n) is 14.2. The SMILES string of the molecule is CCNC(Cc1ccccn1)c1sccc1C.O=C(O)/C=C/C(=O)O. The van der Waals surface area contributed by atoms with E-state index in [-0.39, 0.29) is 0 Å². The highest BCUT2D eigenvalue weighted by Crippen LogP contribution is 2.26. The molecular weight excluding hydrogens is 340 g/mol. The molecule has 0 saturated carbocycles. The second kappa shape index (κ2) is 11.1. The lowest BCUT2D eigenvalue weighted by atomic mass is 10.1. The van der Waals surface area contributed by atoms with Crippen LogP contribution in [0.15, 0.2) is 48.0 Å². The summed E-state index contributed by atoms with van der Waals surface area (Å²) in [5.41, 5.74) is 2.52. The van der Waals surface area contributed by atoms with Crippen molar-refractivity contribution in [2.45, 2.75) is 26.3 Å². The number of likely N-dealkylation sites (N-methyl/N-ethyl adjacent to an activating group) is 1. The van der Waals surface area contributed by atoms with E-state index in [0.29, 0.717) is 18.2 Å². The molecule has 2 heterocycles. The maximum Gasteiger partial charge on any atom is 0.328 e. The monoisotopic (exact) mass is 362 g/mol. The third-order valence-electron chi connectivity index (χ3n) is 3.18. The molecule has 2 aromatic heterocycles. The molecule has 0 radical (unpaired) electrons. The third kappa shape index (κ3) is 8.23. The fourth-order valence-electron chi connectivity index (χ4n) is 2.12. The van der Waals surface area contributed by atoms with Crippen molar-refractivity contribution in [3.63, 3.8) is 0 Å². The molecule has 0 aliphatic heterocycles. The van der Waals surface area contributed by atoms with Crippen LogP contribution in [0.3, 0.4) is 0 Å². The Morgan fingerprint density at radius 1 is 1.24 bits per heavy atom. The fourth-order valence-corrected chi connectivity index (χ4v) is 3.12. The van der Waals surface area contributed by atoms with Crippen LogP contribution in [0.4, 0.5) is 0 Å². The van der Waals surface area contributed by atoms with Gasteiger partial charge in [-0.1, -0.05) is 13.0 Å². The predicted octanol–water partition coefficient (Wildman–Crippen LogP) is 3.06. The minimum atomic E-state index is -1.26. The van der Waals surface area contributed by atoms with Crippen LogP contribution in [-0.4, -0.2) is 33.7 Å². The molecule has 0 aliphatic rings. The Balaban J connectivity index is 0.000000333. The van der Waals surface area contributed by atoms with Crippen LogP contribution in [-0.2, 0) is 16.0 Å². The minimum Gasteiger partial charge on any atom is -0.478 e. The van der Waals surface area contributed by atoms with Crippen LogP contribution in [0.1, 0.15) is 29.1 Å². The molecular formula is C18H22N2O4S. The highest BCUT2D eigenvalue weighted by Gasteiger charge is 2.15. The molecule has 25 heavy (non-hydrogen) atoms. The van der Waals surface area contributed by atoms with Crippen molar-refractivity contribution in [2.75, 3.05) is 6.54 Å². The standard InChI is InChI=1S/C14H18N2S.C4H4O4/c1-3-15-13(14-11(2)7-9-17-14)10-12-6-4-5-8-16-12;5-3(6)1-2-4(7)8/h4-9,13,15H,3,10H2,1-2H3;1-2H,(H,5,6)(H,7,8)/b;2-1+. The highest BCUT2D eigenvalue weighted by molar-refractivity contribution is 7.10. The molecule has 0 saturated heterocycles. The van der Waals surface area contributed by atoms with E-state index in [9.17, 15) is 9.59 Å². The average Bonchev–Trinajstić information content (AvgIpc) is 3.00. The van der Waals surface area contributed by atoms with Gasteiger partial charge in [-0.2, -0.15) is 0 Å². The molecule has 7 heteroatoms. The van der Waals surface area contributed by atoms with Gasteiger partial charge in [0.05, 0.1) is 0 Å². The molecule has 0 bridgehead atoms. The summed E-state index contributed by atoms with van der Waals surface area (Å²) < 4.78 is 0. The topological polar surface area (TPSA) is 99.5 Å². The Bertz CT molecular complexity index is 682. The zero-order chi connectivity index (χ0) is 18.7. The lowest BCUT2D eigenvalue weighted by molar-refractivity contribution is -0.134. The summed E-state index contributed by atoms with van der Waals surface area (Å²) in [5, 5.41) is 21.3. The first-order chi connectivity index (χ1) is 11.9. The summed E-state index contributed by atoms with van der Waals surface area (Å²) >= 11 is 1.83. The first kappa shape index (κ1) is 20.5. The van der Waals surface area contributed by atoms with Crippen molar-refractivity contribution >= 4 is 23.3 Å². The predicted molar refractivity (Wildman–Crippen MR) is 97.8 cm³/mol. The number of nitrogens with zero attached hydrogens (tertiary/aromatic N) is 1. The maximum atomic E-state index is 9.55. The van der Waals surface area contributed by atoms with Crippen molar-refractivity contribution in [3.05, 3.63) is 64.1 Å². The summed E-state index contributed by atoms with van der Waals surface area (Å²) in [5.74, 6) is -2.51. The van der Waals surface area contributed by atoms with E-state index in [1.54, 1.807) is 0 Å². The number of hydrogen-bond donors (Lipinski definition) is 3. The number of nitrogens with one attached hydrogen (secondary N) is 1. The number of carboxylic acid groups (broad SMARTS) is 2. The summed E-state index contributed by atoms with van der Waals surface area (Å²) in [6, 6.07) is 8.67. The summed E-state index contributed by atoms with van der Waals surface area (Å²) in [6.45, 7) is 5.30. The molecule has 134 valence electrons. The smallest absolute Gasteiger partial charge is 0.328 e. The van der Waals surface area contributed by atoms with Gasteiger partial charge in [0.15, 0.2) is 0 Å². The fraction of sp³-hybridized carbons (Fsp3) is 0.278. The van der Waals surface area contributed by atoms with Crippen molar-refractivity contribution in [3.8, 4) is 0 Å². The quantitative estimate of drug-likeness (QED) is 0.655. The number of carbonyl (C=O) groups is 2. The second-order valence-corrected chi connectivity index (χ2v) is 6.06. The van der Waals surface area contributed by atoms with Crippen molar-refractivity contribution in [1.29, 1.82) is 0 Å². The van der Waals surface area contributed by atoms with Crippen molar-refractivity contribution in [1.82, 2.24) is 10.3 Å². The van der Waals surface area contributed by atoms with Gasteiger partial charge in [-0.05, 0) is 42.6 Å². The number of hydrogen-bond acceptors (Lipinski definition) is 5. The lowest BCUT2D eigenvalue weighted by Gasteiger charge is -2.17. The number of pyridine rings is 1. The molecule has 2 rings (SSSR count). The summed E-state index contributed by atoms with van der Waals surface area (Å²) in [6.07, 6.45) is 3.93. The molecule has 3 N–H and O–H groups in total. The number of thiophene rings is 1. The van der Waals surface area contributed by atoms with E-state index in [2.05, 4.69) is 41.7 Å². The van der Waals surface area contributed by atoms with Crippen LogP contribution in [0.25, 0.3) is 0 Å². The van der Waals surface area contributed by atoms with Crippen LogP contribution in [0.2, 0.25) is 0 Å². The van der Waals surface area contributed by atoms with Crippen molar-refractivity contribution < 1.29 is 19.8 Å². The lowest BCUT2D eigenvalue weighted by Crippen LogP contribution is -2.23. The Hall–Kier alpha value is -2.51. The third-order valence-corrected chi connectivity index (χ3v) is 4.31. The average molecular weight is 362 g/mol. The van der Waals surface area contributed by atoms with Crippen LogP contribution in [0.5, 0.6) is 0 Å². The molecule has 0 fully saturated rings. The Labute approximate surface area is 150 Å². The number of aromatic nitrogens is 1. The van der Waals surface area contributed by atoms with E-state index in [0.717, 1.165) is 18.7 Å². The molecule has 1 atom stereocenters. The molecule has 2 aromatic rings. The van der Waals surface area contributed by atoms with Gasteiger partial charge in [0, 0.05) is 41.4 Å². The van der Waals surface area contributed by atoms with Crippen LogP contribution < -0.4 is 5.32 Å². The minimum absolute atomic E-state index is 0.384. The van der Waals surface area contributed by atoms with Gasteiger partial charge in [-0.15, -0.1) is 11.3 Å². The number of aryl methyl sites for hydroxylation is 1. The van der Waals surface area contributed by atoms with Gasteiger partial charge in [-0.25, -0.2) is 9.59 Å². The van der Waals surface area contributed by atoms with E-state index in [1.165, 1.54) is 10.4 Å². The van der Waals surface area contributed by atoms with Gasteiger partial charge in [-0.3, -0.25) is 4.98 Å². The number of carboxylic acids is 2. The summed E-state index contributed by atoms with van der Waals surface area (Å²) in [7, 11) is 0. The normalized spacial score (nSPS) is 11.6. The van der Waals surface area contributed by atoms with Crippen molar-refractivity contribution in [2.24, 2.45) is 0 Å². The number of aliphatic carboxylic acids is 2. The van der Waals surface area contributed by atoms with Gasteiger partial charge in [0.1, 0.15) is 0 Å². The molecule has 0 aliphatic carbocycles. The Morgan fingerprint density at radius 3 is 2.36 bits per heavy atom. The van der Waals surface area contributed by atoms with E-state index in [1.807, 2.05) is 29.7 Å². The molecule has 0 spiro atoms. The van der Waals surface area contributed by atoms with Crippen LogP contribution >= 0.6 is 11.3 Å². The van der Waals surface area contributed by atoms with Gasteiger partial charge >= 0.3 is 11.9 Å². The molecule has 6 nitrogen and oxygen atoms in total. The van der Waals surface area contributed by atoms with Gasteiger partial charge < -0.3 is 15.5 Å². The van der Waals surface area contributed by atoms with Gasteiger partial charge in [0.25, 0.3) is 0 Å². The number of rotatable bonds is 7. The Kier molecular flexibility index (Phi) is 9.13. The van der Waals surface area contributed by atoms with Crippen LogP contribution in [0, 0.1) is 6.92 Å². The molecule has 1 unspecified atom stereocenters. The first-order valence-electron chi connectivity index (χ1n) is 7.75.